The van der Waals surface area contributed by atoms with E-state index in [4.69, 9.17) is 4.74 Å². The third kappa shape index (κ3) is 3.54. The molecule has 3 nitrogen and oxygen atoms in total. The van der Waals surface area contributed by atoms with Crippen LogP contribution >= 0.6 is 17.0 Å². The van der Waals surface area contributed by atoms with Crippen LogP contribution in [0.15, 0.2) is 0 Å². The average molecular weight is 238 g/mol. The molecule has 1 unspecified atom stereocenters. The lowest BCUT2D eigenvalue weighted by atomic mass is 10.0. The fourth-order valence-corrected chi connectivity index (χ4v) is 1.31. The molecule has 72 valence electrons. The van der Waals surface area contributed by atoms with E-state index in [2.05, 4.69) is 5.32 Å². The van der Waals surface area contributed by atoms with Crippen molar-refractivity contribution in [3.8, 4) is 0 Å². The number of carbonyl (C=O) groups is 1. The molecule has 0 aromatic carbocycles. The number of rotatable bonds is 2. The first-order valence-corrected chi connectivity index (χ1v) is 4.22. The van der Waals surface area contributed by atoms with Gasteiger partial charge in [-0.2, -0.15) is 0 Å². The molecular formula is C8H16BrNO2. The number of carbonyl (C=O) groups excluding carboxylic acids is 1. The largest absolute Gasteiger partial charge is 0.466 e. The first kappa shape index (κ1) is 11.9. The summed E-state index contributed by atoms with van der Waals surface area (Å²) in [6.07, 6.45) is 2.06. The van der Waals surface area contributed by atoms with E-state index in [1.165, 1.54) is 0 Å². The summed E-state index contributed by atoms with van der Waals surface area (Å²) in [5, 5.41) is 3.17. The lowest BCUT2D eigenvalue weighted by Crippen LogP contribution is -2.35. The highest BCUT2D eigenvalue weighted by Gasteiger charge is 2.21. The zero-order valence-electron chi connectivity index (χ0n) is 7.34. The van der Waals surface area contributed by atoms with Crippen molar-refractivity contribution in [3.63, 3.8) is 0 Å². The molecule has 0 amide bonds. The predicted octanol–water partition coefficient (Wildman–Crippen LogP) is 1.13. The Hall–Kier alpha value is -0.0900. The highest BCUT2D eigenvalue weighted by Crippen LogP contribution is 2.11. The summed E-state index contributed by atoms with van der Waals surface area (Å²) >= 11 is 0. The lowest BCUT2D eigenvalue weighted by molar-refractivity contribution is -0.148. The van der Waals surface area contributed by atoms with Gasteiger partial charge < -0.3 is 10.1 Å². The molecule has 1 N–H and O–H groups in total. The van der Waals surface area contributed by atoms with Crippen LogP contribution in [0.5, 0.6) is 0 Å². The van der Waals surface area contributed by atoms with E-state index in [1.54, 1.807) is 0 Å². The summed E-state index contributed by atoms with van der Waals surface area (Å²) in [7, 11) is 0. The van der Waals surface area contributed by atoms with Gasteiger partial charge in [0.1, 0.15) is 0 Å². The van der Waals surface area contributed by atoms with E-state index in [9.17, 15) is 4.79 Å². The highest BCUT2D eigenvalue weighted by atomic mass is 79.9. The van der Waals surface area contributed by atoms with Crippen molar-refractivity contribution in [1.82, 2.24) is 5.32 Å². The van der Waals surface area contributed by atoms with Crippen LogP contribution in [0.3, 0.4) is 0 Å². The van der Waals surface area contributed by atoms with Gasteiger partial charge in [0, 0.05) is 6.54 Å². The van der Waals surface area contributed by atoms with Gasteiger partial charge in [-0.1, -0.05) is 0 Å². The second-order valence-electron chi connectivity index (χ2n) is 2.80. The molecule has 0 aliphatic carbocycles. The van der Waals surface area contributed by atoms with Crippen LogP contribution < -0.4 is 5.32 Å². The molecule has 1 saturated heterocycles. The highest BCUT2D eigenvalue weighted by molar-refractivity contribution is 8.93. The molecule has 1 heterocycles. The minimum absolute atomic E-state index is 0. The van der Waals surface area contributed by atoms with E-state index >= 15 is 0 Å². The van der Waals surface area contributed by atoms with Gasteiger partial charge in [0.2, 0.25) is 0 Å². The standard InChI is InChI=1S/C8H15NO2.BrH/c1-2-11-8(10)7-4-3-5-9-6-7;/h7,9H,2-6H2,1H3;1H. The summed E-state index contributed by atoms with van der Waals surface area (Å²) < 4.78 is 4.90. The third-order valence-corrected chi connectivity index (χ3v) is 1.92. The van der Waals surface area contributed by atoms with E-state index in [0.29, 0.717) is 6.61 Å². The number of piperidine rings is 1. The van der Waals surface area contributed by atoms with Crippen LogP contribution in [0.25, 0.3) is 0 Å². The second-order valence-corrected chi connectivity index (χ2v) is 2.80. The topological polar surface area (TPSA) is 38.3 Å². The molecule has 1 atom stereocenters. The van der Waals surface area contributed by atoms with Crippen molar-refractivity contribution < 1.29 is 9.53 Å². The number of hydrogen-bond donors (Lipinski definition) is 1. The fraction of sp³-hybridized carbons (Fsp3) is 0.875. The number of hydrogen-bond acceptors (Lipinski definition) is 3. The van der Waals surface area contributed by atoms with Gasteiger partial charge in [-0.3, -0.25) is 4.79 Å². The van der Waals surface area contributed by atoms with E-state index in [1.807, 2.05) is 6.92 Å². The molecule has 0 aromatic rings. The first-order valence-electron chi connectivity index (χ1n) is 4.22. The minimum Gasteiger partial charge on any atom is -0.466 e. The van der Waals surface area contributed by atoms with Crippen molar-refractivity contribution in [1.29, 1.82) is 0 Å². The van der Waals surface area contributed by atoms with Crippen molar-refractivity contribution in [2.24, 2.45) is 5.92 Å². The van der Waals surface area contributed by atoms with Gasteiger partial charge in [0.25, 0.3) is 0 Å². The Morgan fingerprint density at radius 1 is 1.67 bits per heavy atom. The van der Waals surface area contributed by atoms with E-state index in [-0.39, 0.29) is 28.9 Å². The minimum atomic E-state index is -0.0419. The smallest absolute Gasteiger partial charge is 0.310 e. The van der Waals surface area contributed by atoms with Gasteiger partial charge in [-0.15, -0.1) is 17.0 Å². The molecule has 1 aliphatic rings. The summed E-state index contributed by atoms with van der Waals surface area (Å²) in [4.78, 5) is 11.1. The van der Waals surface area contributed by atoms with Gasteiger partial charge in [0.05, 0.1) is 12.5 Å². The normalized spacial score (nSPS) is 22.6. The number of halogens is 1. The Labute approximate surface area is 83.6 Å². The van der Waals surface area contributed by atoms with Gasteiger partial charge in [-0.25, -0.2) is 0 Å². The van der Waals surface area contributed by atoms with Crippen LogP contribution in [0.1, 0.15) is 19.8 Å². The molecule has 0 saturated carbocycles. The molecule has 0 radical (unpaired) electrons. The predicted molar refractivity (Wildman–Crippen MR) is 52.5 cm³/mol. The third-order valence-electron chi connectivity index (χ3n) is 1.92. The van der Waals surface area contributed by atoms with Gasteiger partial charge in [0.15, 0.2) is 0 Å². The summed E-state index contributed by atoms with van der Waals surface area (Å²) in [6, 6.07) is 0. The number of nitrogens with one attached hydrogen (secondary N) is 1. The van der Waals surface area contributed by atoms with Crippen molar-refractivity contribution >= 4 is 23.0 Å². The van der Waals surface area contributed by atoms with E-state index in [0.717, 1.165) is 25.9 Å². The molecule has 12 heavy (non-hydrogen) atoms. The zero-order chi connectivity index (χ0) is 8.10. The molecule has 1 fully saturated rings. The van der Waals surface area contributed by atoms with Crippen molar-refractivity contribution in [3.05, 3.63) is 0 Å². The molecular weight excluding hydrogens is 222 g/mol. The Morgan fingerprint density at radius 2 is 2.42 bits per heavy atom. The maximum Gasteiger partial charge on any atom is 0.310 e. The molecule has 1 rings (SSSR count). The average Bonchev–Trinajstić information content (AvgIpc) is 2.07. The van der Waals surface area contributed by atoms with Gasteiger partial charge in [-0.05, 0) is 26.3 Å². The maximum atomic E-state index is 11.1. The first-order chi connectivity index (χ1) is 5.34. The summed E-state index contributed by atoms with van der Waals surface area (Å²) in [5.41, 5.74) is 0. The number of ether oxygens (including phenoxy) is 1. The molecule has 0 aromatic heterocycles. The van der Waals surface area contributed by atoms with Crippen molar-refractivity contribution in [2.75, 3.05) is 19.7 Å². The fourth-order valence-electron chi connectivity index (χ4n) is 1.31. The quantitative estimate of drug-likeness (QED) is 0.733. The summed E-state index contributed by atoms with van der Waals surface area (Å²) in [6.45, 7) is 4.16. The van der Waals surface area contributed by atoms with Crippen LogP contribution in [-0.2, 0) is 9.53 Å². The monoisotopic (exact) mass is 237 g/mol. The van der Waals surface area contributed by atoms with Crippen LogP contribution in [0.4, 0.5) is 0 Å². The van der Waals surface area contributed by atoms with Crippen molar-refractivity contribution in [2.45, 2.75) is 19.8 Å². The Balaban J connectivity index is 0.00000121. The van der Waals surface area contributed by atoms with Crippen LogP contribution in [0, 0.1) is 5.92 Å². The Kier molecular flexibility index (Phi) is 6.38. The molecule has 1 aliphatic heterocycles. The summed E-state index contributed by atoms with van der Waals surface area (Å²) in [5.74, 6) is 0.0587. The Bertz CT molecular complexity index is 135. The van der Waals surface area contributed by atoms with Gasteiger partial charge >= 0.3 is 5.97 Å². The molecule has 0 bridgehead atoms. The Morgan fingerprint density at radius 3 is 2.92 bits per heavy atom. The molecule has 4 heteroatoms. The lowest BCUT2D eigenvalue weighted by Gasteiger charge is -2.20. The number of esters is 1. The maximum absolute atomic E-state index is 11.1. The SMILES string of the molecule is Br.CCOC(=O)C1CCCNC1. The molecule has 0 spiro atoms. The van der Waals surface area contributed by atoms with Crippen LogP contribution in [0.2, 0.25) is 0 Å². The zero-order valence-corrected chi connectivity index (χ0v) is 9.05. The second kappa shape index (κ2) is 6.43. The van der Waals surface area contributed by atoms with E-state index < -0.39 is 0 Å². The van der Waals surface area contributed by atoms with Crippen LogP contribution in [-0.4, -0.2) is 25.7 Å².